The van der Waals surface area contributed by atoms with E-state index in [4.69, 9.17) is 133 Å². The van der Waals surface area contributed by atoms with Crippen molar-refractivity contribution in [1.29, 1.82) is 0 Å². The van der Waals surface area contributed by atoms with Crippen molar-refractivity contribution >= 4 is 47.4 Å². The van der Waals surface area contributed by atoms with Gasteiger partial charge in [-0.2, -0.15) is 0 Å². The zero-order chi connectivity index (χ0) is 86.1. The van der Waals surface area contributed by atoms with Gasteiger partial charge in [0.25, 0.3) is 0 Å². The summed E-state index contributed by atoms with van der Waals surface area (Å²) in [5.74, 6) is -2.32. The summed E-state index contributed by atoms with van der Waals surface area (Å²) in [6, 6.07) is 0. The van der Waals surface area contributed by atoms with E-state index in [1.165, 1.54) is 0 Å². The molecule has 0 unspecified atom stereocenters. The van der Waals surface area contributed by atoms with Crippen LogP contribution in [0.1, 0.15) is 144 Å². The van der Waals surface area contributed by atoms with Crippen LogP contribution < -0.4 is 0 Å². The van der Waals surface area contributed by atoms with E-state index in [2.05, 4.69) is 0 Å². The van der Waals surface area contributed by atoms with Crippen LogP contribution in [0.5, 0.6) is 0 Å². The van der Waals surface area contributed by atoms with Gasteiger partial charge in [-0.15, -0.1) is 0 Å². The van der Waals surface area contributed by atoms with Crippen molar-refractivity contribution in [2.75, 3.05) is 330 Å². The van der Waals surface area contributed by atoms with E-state index < -0.39 is 22.8 Å². The number of hydrogen-bond donors (Lipinski definition) is 0. The van der Waals surface area contributed by atoms with Crippen molar-refractivity contribution < 1.29 is 171 Å². The lowest BCUT2D eigenvalue weighted by Crippen LogP contribution is -2.21. The second-order valence-corrected chi connectivity index (χ2v) is 28.0. The fraction of sp³-hybridized carbons (Fsp3) is 0.902. The highest BCUT2D eigenvalue weighted by atomic mass is 16.6. The predicted octanol–water partition coefficient (Wildman–Crippen LogP) is 6.08. The molecule has 0 aromatic carbocycles. The van der Waals surface area contributed by atoms with Gasteiger partial charge in [0.1, 0.15) is 24.8 Å². The predicted molar refractivity (Wildman–Crippen MR) is 427 cm³/mol. The van der Waals surface area contributed by atoms with Gasteiger partial charge in [0.05, 0.1) is 330 Å². The van der Waals surface area contributed by atoms with Gasteiger partial charge >= 0.3 is 35.8 Å². The van der Waals surface area contributed by atoms with E-state index in [9.17, 15) is 38.4 Å². The minimum Gasteiger partial charge on any atom is -0.466 e. The van der Waals surface area contributed by atoms with Gasteiger partial charge in [0, 0.05) is 49.4 Å². The smallest absolute Gasteiger partial charge is 0.306 e. The lowest BCUT2D eigenvalue weighted by molar-refractivity contribution is -0.148. The Morgan fingerprint density at radius 3 is 0.390 bits per heavy atom. The Morgan fingerprint density at radius 1 is 0.136 bits per heavy atom. The zero-order valence-corrected chi connectivity index (χ0v) is 72.4. The molecule has 36 heteroatoms. The Labute approximate surface area is 701 Å². The summed E-state index contributed by atoms with van der Waals surface area (Å²) in [5.41, 5.74) is -0.945. The van der Waals surface area contributed by atoms with E-state index in [0.29, 0.717) is 316 Å². The van der Waals surface area contributed by atoms with Gasteiger partial charge < -0.3 is 133 Å². The van der Waals surface area contributed by atoms with Gasteiger partial charge in [-0.25, -0.2) is 0 Å². The number of hydrogen-bond acceptors (Lipinski definition) is 36. The van der Waals surface area contributed by atoms with Crippen molar-refractivity contribution in [3.8, 4) is 0 Å². The average molecular weight is 1710 g/mol. The Morgan fingerprint density at radius 2 is 0.254 bits per heavy atom. The van der Waals surface area contributed by atoms with Crippen molar-refractivity contribution in [3.63, 3.8) is 0 Å². The van der Waals surface area contributed by atoms with E-state index in [1.807, 2.05) is 41.5 Å². The highest BCUT2D eigenvalue weighted by Crippen LogP contribution is 2.19. The molecule has 0 atom stereocenters. The fourth-order valence-electron chi connectivity index (χ4n) is 9.02. The summed E-state index contributed by atoms with van der Waals surface area (Å²) in [5, 5.41) is 0. The number of unbranched alkanes of at least 4 members (excludes halogenated alkanes) is 4. The molecule has 694 valence electrons. The molecule has 0 heterocycles. The fourth-order valence-corrected chi connectivity index (χ4v) is 9.02. The number of rotatable bonds is 95. The van der Waals surface area contributed by atoms with Gasteiger partial charge in [-0.1, -0.05) is 41.5 Å². The highest BCUT2D eigenvalue weighted by molar-refractivity contribution is 5.87. The van der Waals surface area contributed by atoms with Crippen LogP contribution >= 0.6 is 0 Å². The van der Waals surface area contributed by atoms with Crippen molar-refractivity contribution in [3.05, 3.63) is 0 Å². The molecular formula is C82H150O36. The van der Waals surface area contributed by atoms with Crippen molar-refractivity contribution in [1.82, 2.24) is 0 Å². The first kappa shape index (κ1) is 113. The first-order valence-corrected chi connectivity index (χ1v) is 42.1. The van der Waals surface area contributed by atoms with E-state index in [1.54, 1.807) is 0 Å². The molecule has 0 spiro atoms. The highest BCUT2D eigenvalue weighted by Gasteiger charge is 2.23. The SMILES string of the molecule is CC(C)(C)C(=O)CCC(=O)OCCCCCOC(=O)CCCC(=O)OCCOCCOCCOCCOCCOCCOCCOCCOCCOCCOCCOCCOCCOCCOCCOCCOCCOCCOCCOCCOCCOCCOCCOC(=O)CCCC(=O)OCCCCCOC(=O)CCC(=O)C(C)(C)C. The molecular weight excluding hydrogens is 1560 g/mol. The monoisotopic (exact) mass is 1710 g/mol. The number of carbonyl (C=O) groups excluding carboxylic acids is 8. The normalized spacial score (nSPS) is 11.7. The number of carbonyl (C=O) groups is 8. The van der Waals surface area contributed by atoms with E-state index in [-0.39, 0.29) is 140 Å². The third-order valence-corrected chi connectivity index (χ3v) is 15.7. The minimum atomic E-state index is -0.472. The third-order valence-electron chi connectivity index (χ3n) is 15.7. The summed E-state index contributed by atoms with van der Waals surface area (Å²) in [4.78, 5) is 95.2. The third kappa shape index (κ3) is 90.5. The van der Waals surface area contributed by atoms with Crippen LogP contribution in [-0.4, -0.2) is 378 Å². The maximum Gasteiger partial charge on any atom is 0.306 e. The van der Waals surface area contributed by atoms with Crippen LogP contribution in [0, 0.1) is 10.8 Å². The molecule has 0 saturated carbocycles. The first-order chi connectivity index (χ1) is 57.4. The maximum absolute atomic E-state index is 11.9. The Balaban J connectivity index is 3.21. The summed E-state index contributed by atoms with van der Waals surface area (Å²) >= 11 is 0. The zero-order valence-electron chi connectivity index (χ0n) is 72.4. The molecule has 0 aliphatic carbocycles. The van der Waals surface area contributed by atoms with E-state index in [0.717, 1.165) is 12.8 Å². The first-order valence-electron chi connectivity index (χ1n) is 42.1. The van der Waals surface area contributed by atoms with Gasteiger partial charge in [0.15, 0.2) is 0 Å². The van der Waals surface area contributed by atoms with Crippen LogP contribution in [0.4, 0.5) is 0 Å². The maximum atomic E-state index is 11.9. The summed E-state index contributed by atoms with van der Waals surface area (Å²) in [7, 11) is 0. The quantitative estimate of drug-likeness (QED) is 0.0378. The van der Waals surface area contributed by atoms with Gasteiger partial charge in [-0.05, 0) is 51.4 Å². The van der Waals surface area contributed by atoms with Crippen LogP contribution in [-0.2, 0) is 171 Å². The molecule has 0 aromatic rings. The van der Waals surface area contributed by atoms with E-state index >= 15 is 0 Å². The molecule has 0 amide bonds. The van der Waals surface area contributed by atoms with Crippen LogP contribution in [0.25, 0.3) is 0 Å². The topological polar surface area (TPSA) is 395 Å². The average Bonchev–Trinajstić information content (AvgIpc) is 0.915. The molecule has 118 heavy (non-hydrogen) atoms. The van der Waals surface area contributed by atoms with Gasteiger partial charge in [-0.3, -0.25) is 38.4 Å². The molecule has 0 aliphatic heterocycles. The molecule has 0 saturated heterocycles. The summed E-state index contributed by atoms with van der Waals surface area (Å²) in [6.45, 7) is 31.1. The number of ether oxygens (including phenoxy) is 28. The number of ketones is 2. The molecule has 0 bridgehead atoms. The lowest BCUT2D eigenvalue weighted by Gasteiger charge is -2.15. The van der Waals surface area contributed by atoms with Gasteiger partial charge in [0.2, 0.25) is 0 Å². The lowest BCUT2D eigenvalue weighted by atomic mass is 9.88. The largest absolute Gasteiger partial charge is 0.466 e. The van der Waals surface area contributed by atoms with Crippen molar-refractivity contribution in [2.45, 2.75) is 144 Å². The Kier molecular flexibility index (Phi) is 85.0. The molecule has 0 aromatic heterocycles. The van der Waals surface area contributed by atoms with Crippen LogP contribution in [0.3, 0.4) is 0 Å². The summed E-state index contributed by atoms with van der Waals surface area (Å²) in [6.07, 6.45) is 5.53. The number of Topliss-reactive ketones (excluding diaryl/α,β-unsaturated/α-hetero) is 2. The second-order valence-electron chi connectivity index (χ2n) is 28.0. The molecule has 0 fully saturated rings. The Bertz CT molecular complexity index is 2140. The standard InChI is InChI=1S/C82H150O36/c1-81(2,3)73(83)19-21-79(89)115-25-11-7-9-23-113-75(85)15-13-17-77(87)117-71-69-111-67-65-109-63-61-107-59-57-105-55-53-103-51-49-101-47-45-99-43-41-97-39-37-95-35-33-93-31-29-91-27-28-92-30-32-94-34-36-96-38-40-98-42-44-100-46-48-102-50-52-104-54-56-106-58-60-108-62-64-110-66-68-112-70-72-118-78(88)18-14-16-76(86)114-24-10-8-12-26-116-80(90)22-20-74(84)82(4,5)6/h7-72H2,1-6H3. The Hall–Kier alpha value is -4.72. The molecule has 0 N–H and O–H groups in total. The molecule has 36 nitrogen and oxygen atoms in total. The second kappa shape index (κ2) is 88.6. The van der Waals surface area contributed by atoms with Crippen molar-refractivity contribution in [2.24, 2.45) is 10.8 Å². The minimum absolute atomic E-state index is 0.0220. The molecule has 0 radical (unpaired) electrons. The molecule has 0 aliphatic rings. The molecule has 0 rings (SSSR count). The number of esters is 6. The van der Waals surface area contributed by atoms with Crippen LogP contribution in [0.15, 0.2) is 0 Å². The van der Waals surface area contributed by atoms with Crippen LogP contribution in [0.2, 0.25) is 0 Å². The summed E-state index contributed by atoms with van der Waals surface area (Å²) < 4.78 is 152.